The van der Waals surface area contributed by atoms with Gasteiger partial charge in [0.2, 0.25) is 0 Å². The van der Waals surface area contributed by atoms with Crippen molar-refractivity contribution in [3.8, 4) is 0 Å². The van der Waals surface area contributed by atoms with Gasteiger partial charge in [0.1, 0.15) is 0 Å². The number of aliphatic carboxylic acids is 1. The lowest BCUT2D eigenvalue weighted by molar-refractivity contribution is -0.141. The van der Waals surface area contributed by atoms with Crippen molar-refractivity contribution >= 4 is 22.5 Å². The number of carbonyl (C=O) groups excluding carboxylic acids is 1. The van der Waals surface area contributed by atoms with Crippen LogP contribution in [0.4, 0.5) is 0 Å². The molecule has 0 aliphatic heterocycles. The minimum Gasteiger partial charge on any atom is -0.481 e. The van der Waals surface area contributed by atoms with Crippen molar-refractivity contribution in [1.82, 2.24) is 0 Å². The molecule has 0 saturated carbocycles. The number of hydrogen-bond acceptors (Lipinski definition) is 2. The van der Waals surface area contributed by atoms with Crippen LogP contribution in [-0.4, -0.2) is 16.9 Å². The highest BCUT2D eigenvalue weighted by atomic mass is 16.4. The van der Waals surface area contributed by atoms with Crippen LogP contribution >= 0.6 is 0 Å². The first-order valence-electron chi connectivity index (χ1n) is 6.83. The summed E-state index contributed by atoms with van der Waals surface area (Å²) in [4.78, 5) is 22.8. The summed E-state index contributed by atoms with van der Waals surface area (Å²) < 4.78 is 0. The Balaban J connectivity index is 1.99. The molecule has 2 rings (SSSR count). The Morgan fingerprint density at radius 1 is 1.10 bits per heavy atom. The van der Waals surface area contributed by atoms with Crippen LogP contribution in [0.15, 0.2) is 42.5 Å². The van der Waals surface area contributed by atoms with Crippen molar-refractivity contribution in [1.29, 1.82) is 0 Å². The second-order valence-corrected chi connectivity index (χ2v) is 5.12. The van der Waals surface area contributed by atoms with Crippen LogP contribution in [0.25, 0.3) is 10.8 Å². The first-order valence-corrected chi connectivity index (χ1v) is 6.83. The molecule has 1 N–H and O–H groups in total. The van der Waals surface area contributed by atoms with E-state index in [0.717, 1.165) is 10.8 Å². The molecule has 2 aromatic carbocycles. The molecule has 2 aromatic rings. The Labute approximate surface area is 118 Å². The zero-order chi connectivity index (χ0) is 14.5. The molecule has 0 spiro atoms. The maximum Gasteiger partial charge on any atom is 0.306 e. The second-order valence-electron chi connectivity index (χ2n) is 5.12. The van der Waals surface area contributed by atoms with Crippen molar-refractivity contribution in [3.63, 3.8) is 0 Å². The van der Waals surface area contributed by atoms with E-state index in [1.807, 2.05) is 42.5 Å². The van der Waals surface area contributed by atoms with E-state index in [1.165, 1.54) is 0 Å². The van der Waals surface area contributed by atoms with E-state index >= 15 is 0 Å². The molecule has 0 aliphatic rings. The quantitative estimate of drug-likeness (QED) is 0.809. The number of fused-ring (bicyclic) bond motifs is 1. The fraction of sp³-hybridized carbons (Fsp3) is 0.294. The van der Waals surface area contributed by atoms with Crippen molar-refractivity contribution in [3.05, 3.63) is 48.0 Å². The molecule has 0 amide bonds. The summed E-state index contributed by atoms with van der Waals surface area (Å²) in [5, 5.41) is 11.0. The van der Waals surface area contributed by atoms with Gasteiger partial charge in [0.25, 0.3) is 0 Å². The number of hydrogen-bond donors (Lipinski definition) is 1. The molecule has 0 aromatic heterocycles. The highest BCUT2D eigenvalue weighted by Crippen LogP contribution is 2.18. The van der Waals surface area contributed by atoms with Crippen LogP contribution < -0.4 is 0 Å². The van der Waals surface area contributed by atoms with Gasteiger partial charge in [-0.2, -0.15) is 0 Å². The van der Waals surface area contributed by atoms with Crippen molar-refractivity contribution in [2.75, 3.05) is 0 Å². The Morgan fingerprint density at radius 2 is 1.80 bits per heavy atom. The number of carboxylic acids is 1. The maximum atomic E-state index is 12.1. The number of ketones is 1. The van der Waals surface area contributed by atoms with Crippen LogP contribution in [-0.2, 0) is 4.79 Å². The van der Waals surface area contributed by atoms with Gasteiger partial charge in [-0.3, -0.25) is 9.59 Å². The molecule has 0 bridgehead atoms. The maximum absolute atomic E-state index is 12.1. The normalized spacial score (nSPS) is 12.2. The smallest absolute Gasteiger partial charge is 0.306 e. The molecule has 3 heteroatoms. The van der Waals surface area contributed by atoms with Gasteiger partial charge in [-0.25, -0.2) is 0 Å². The second kappa shape index (κ2) is 6.33. The Bertz CT molecular complexity index is 631. The first-order chi connectivity index (χ1) is 9.58. The highest BCUT2D eigenvalue weighted by Gasteiger charge is 2.12. The summed E-state index contributed by atoms with van der Waals surface area (Å²) in [5.74, 6) is -1.11. The molecule has 0 fully saturated rings. The molecular weight excluding hydrogens is 252 g/mol. The average Bonchev–Trinajstić information content (AvgIpc) is 2.46. The minimum absolute atomic E-state index is 0.0772. The zero-order valence-electron chi connectivity index (χ0n) is 11.5. The number of Topliss-reactive ketones (excluding diaryl/α,β-unsaturated/α-hetero) is 1. The molecule has 0 aliphatic carbocycles. The lowest BCUT2D eigenvalue weighted by Crippen LogP contribution is -2.10. The van der Waals surface area contributed by atoms with Crippen molar-refractivity contribution < 1.29 is 14.7 Å². The molecular formula is C17H18O3. The molecule has 0 radical (unpaired) electrons. The number of benzene rings is 2. The average molecular weight is 270 g/mol. The van der Waals surface area contributed by atoms with Crippen molar-refractivity contribution in [2.24, 2.45) is 5.92 Å². The van der Waals surface area contributed by atoms with E-state index in [2.05, 4.69) is 0 Å². The van der Waals surface area contributed by atoms with E-state index in [1.54, 1.807) is 6.92 Å². The summed E-state index contributed by atoms with van der Waals surface area (Å²) in [6.45, 7) is 1.67. The third-order valence-electron chi connectivity index (χ3n) is 3.53. The van der Waals surface area contributed by atoms with Gasteiger partial charge in [-0.05, 0) is 29.7 Å². The third-order valence-corrected chi connectivity index (χ3v) is 3.53. The predicted octanol–water partition coefficient (Wildman–Crippen LogP) is 3.91. The highest BCUT2D eigenvalue weighted by molar-refractivity contribution is 5.99. The minimum atomic E-state index is -0.803. The largest absolute Gasteiger partial charge is 0.481 e. The summed E-state index contributed by atoms with van der Waals surface area (Å²) in [6, 6.07) is 13.6. The van der Waals surface area contributed by atoms with Gasteiger partial charge < -0.3 is 5.11 Å². The van der Waals surface area contributed by atoms with Gasteiger partial charge in [0, 0.05) is 12.0 Å². The summed E-state index contributed by atoms with van der Waals surface area (Å²) in [7, 11) is 0. The van der Waals surface area contributed by atoms with Crippen LogP contribution in [0, 0.1) is 5.92 Å². The fourth-order valence-corrected chi connectivity index (χ4v) is 2.20. The lowest BCUT2D eigenvalue weighted by Gasteiger charge is -2.06. The number of carbonyl (C=O) groups is 2. The van der Waals surface area contributed by atoms with E-state index < -0.39 is 5.97 Å². The third kappa shape index (κ3) is 3.44. The van der Waals surface area contributed by atoms with Crippen molar-refractivity contribution in [2.45, 2.75) is 26.2 Å². The van der Waals surface area contributed by atoms with E-state index in [-0.39, 0.29) is 11.7 Å². The molecule has 20 heavy (non-hydrogen) atoms. The Kier molecular flexibility index (Phi) is 4.51. The molecule has 1 unspecified atom stereocenters. The van der Waals surface area contributed by atoms with E-state index in [9.17, 15) is 9.59 Å². The number of rotatable bonds is 6. The Hall–Kier alpha value is -2.16. The molecule has 0 saturated heterocycles. The van der Waals surface area contributed by atoms with E-state index in [4.69, 9.17) is 5.11 Å². The lowest BCUT2D eigenvalue weighted by atomic mass is 9.98. The molecule has 0 heterocycles. The molecule has 1 atom stereocenters. The molecule has 3 nitrogen and oxygen atoms in total. The fourth-order valence-electron chi connectivity index (χ4n) is 2.20. The number of carboxylic acid groups (broad SMARTS) is 1. The van der Waals surface area contributed by atoms with Gasteiger partial charge in [0.15, 0.2) is 5.78 Å². The van der Waals surface area contributed by atoms with Crippen LogP contribution in [0.5, 0.6) is 0 Å². The summed E-state index contributed by atoms with van der Waals surface area (Å²) >= 11 is 0. The van der Waals surface area contributed by atoms with Crippen LogP contribution in [0.1, 0.15) is 36.5 Å². The molecule has 104 valence electrons. The van der Waals surface area contributed by atoms with Gasteiger partial charge in [0.05, 0.1) is 5.92 Å². The van der Waals surface area contributed by atoms with Crippen LogP contribution in [0.3, 0.4) is 0 Å². The topological polar surface area (TPSA) is 54.4 Å². The monoisotopic (exact) mass is 270 g/mol. The van der Waals surface area contributed by atoms with Gasteiger partial charge in [-0.1, -0.05) is 43.3 Å². The SMILES string of the molecule is CC(CCCC(=O)c1ccc2ccccc2c1)C(=O)O. The summed E-state index contributed by atoms with van der Waals surface area (Å²) in [5.41, 5.74) is 0.701. The van der Waals surface area contributed by atoms with E-state index in [0.29, 0.717) is 24.8 Å². The standard InChI is InChI=1S/C17H18O3/c1-12(17(19)20)5-4-8-16(18)15-10-9-13-6-2-3-7-14(13)11-15/h2-3,6-7,9-12H,4-5,8H2,1H3,(H,19,20). The Morgan fingerprint density at radius 3 is 2.50 bits per heavy atom. The van der Waals surface area contributed by atoms with Gasteiger partial charge in [-0.15, -0.1) is 0 Å². The predicted molar refractivity (Wildman–Crippen MR) is 78.9 cm³/mol. The first kappa shape index (κ1) is 14.3. The van der Waals surface area contributed by atoms with Crippen LogP contribution in [0.2, 0.25) is 0 Å². The zero-order valence-corrected chi connectivity index (χ0v) is 11.5. The van der Waals surface area contributed by atoms with Gasteiger partial charge >= 0.3 is 5.97 Å². The summed E-state index contributed by atoms with van der Waals surface area (Å²) in [6.07, 6.45) is 1.55.